The molecule has 2 rings (SSSR count). The number of rotatable bonds is 3. The van der Waals surface area contributed by atoms with Crippen LogP contribution in [0.4, 0.5) is 11.5 Å². The molecule has 0 atom stereocenters. The van der Waals surface area contributed by atoms with Gasteiger partial charge in [0.2, 0.25) is 0 Å². The lowest BCUT2D eigenvalue weighted by Crippen LogP contribution is -2.28. The van der Waals surface area contributed by atoms with E-state index >= 15 is 0 Å². The van der Waals surface area contributed by atoms with Crippen molar-refractivity contribution in [2.45, 2.75) is 39.0 Å². The maximum Gasteiger partial charge on any atom is 0.151 e. The van der Waals surface area contributed by atoms with Gasteiger partial charge in [-0.15, -0.1) is 0 Å². The second-order valence-corrected chi connectivity index (χ2v) is 5.31. The van der Waals surface area contributed by atoms with Gasteiger partial charge in [0.15, 0.2) is 5.82 Å². The van der Waals surface area contributed by atoms with Crippen LogP contribution in [-0.2, 0) is 0 Å². The smallest absolute Gasteiger partial charge is 0.151 e. The highest BCUT2D eigenvalue weighted by atomic mass is 15.2. The Morgan fingerprint density at radius 3 is 2.71 bits per heavy atom. The molecule has 0 aliphatic heterocycles. The fraction of sp³-hybridized carbons (Fsp3) is 0.643. The molecule has 0 amide bonds. The molecule has 0 radical (unpaired) electrons. The van der Waals surface area contributed by atoms with Crippen LogP contribution in [0.5, 0.6) is 0 Å². The highest BCUT2D eigenvalue weighted by Gasteiger charge is 2.17. The lowest BCUT2D eigenvalue weighted by atomic mass is 9.89. The van der Waals surface area contributed by atoms with Crippen molar-refractivity contribution in [2.75, 3.05) is 24.2 Å². The summed E-state index contributed by atoms with van der Waals surface area (Å²) in [5.74, 6) is 1.75. The predicted octanol–water partition coefficient (Wildman–Crippen LogP) is 2.99. The zero-order valence-electron chi connectivity index (χ0n) is 10.9. The van der Waals surface area contributed by atoms with Crippen molar-refractivity contribution in [1.82, 2.24) is 4.98 Å². The first-order valence-electron chi connectivity index (χ1n) is 6.60. The Hall–Kier alpha value is -1.25. The van der Waals surface area contributed by atoms with Crippen LogP contribution in [-0.4, -0.2) is 18.6 Å². The minimum atomic E-state index is 0.795. The van der Waals surface area contributed by atoms with Crippen LogP contribution in [0.1, 0.15) is 37.7 Å². The van der Waals surface area contributed by atoms with Gasteiger partial charge in [-0.25, -0.2) is 4.98 Å². The lowest BCUT2D eigenvalue weighted by Gasteiger charge is -2.28. The first-order chi connectivity index (χ1) is 8.16. The van der Waals surface area contributed by atoms with Crippen LogP contribution in [0, 0.1) is 12.8 Å². The Labute approximate surface area is 104 Å². The number of hydrogen-bond acceptors (Lipinski definition) is 3. The fourth-order valence-corrected chi connectivity index (χ4v) is 2.75. The molecule has 94 valence electrons. The van der Waals surface area contributed by atoms with Gasteiger partial charge < -0.3 is 10.6 Å². The van der Waals surface area contributed by atoms with Crippen molar-refractivity contribution in [3.8, 4) is 0 Å². The van der Waals surface area contributed by atoms with Gasteiger partial charge in [0.25, 0.3) is 0 Å². The van der Waals surface area contributed by atoms with E-state index in [0.29, 0.717) is 0 Å². The summed E-state index contributed by atoms with van der Waals surface area (Å²) in [6.07, 6.45) is 8.78. The van der Waals surface area contributed by atoms with Crippen molar-refractivity contribution in [2.24, 2.45) is 5.92 Å². The van der Waals surface area contributed by atoms with Crippen molar-refractivity contribution >= 4 is 11.5 Å². The highest BCUT2D eigenvalue weighted by Crippen LogP contribution is 2.27. The second-order valence-electron chi connectivity index (χ2n) is 5.31. The van der Waals surface area contributed by atoms with Gasteiger partial charge in [-0.05, 0) is 37.3 Å². The molecule has 3 nitrogen and oxygen atoms in total. The van der Waals surface area contributed by atoms with Crippen molar-refractivity contribution in [3.05, 3.63) is 17.8 Å². The second kappa shape index (κ2) is 5.39. The van der Waals surface area contributed by atoms with Crippen molar-refractivity contribution in [1.29, 1.82) is 0 Å². The largest absolute Gasteiger partial charge is 0.396 e. The van der Waals surface area contributed by atoms with E-state index in [9.17, 15) is 0 Å². The molecule has 0 spiro atoms. The molecule has 1 aliphatic rings. The highest BCUT2D eigenvalue weighted by molar-refractivity contribution is 5.62. The Balaban J connectivity index is 2.00. The summed E-state index contributed by atoms with van der Waals surface area (Å²) in [4.78, 5) is 6.66. The standard InChI is InChI=1S/C14H23N3/c1-11-8-13(15)14(16-9-11)17(2)10-12-6-4-3-5-7-12/h8-9,12H,3-7,10,15H2,1-2H3. The maximum absolute atomic E-state index is 6.02. The number of nitrogen functional groups attached to an aromatic ring is 1. The van der Waals surface area contributed by atoms with Crippen LogP contribution in [0.3, 0.4) is 0 Å². The van der Waals surface area contributed by atoms with Gasteiger partial charge in [0, 0.05) is 19.8 Å². The number of hydrogen-bond donors (Lipinski definition) is 1. The van der Waals surface area contributed by atoms with E-state index in [-0.39, 0.29) is 0 Å². The van der Waals surface area contributed by atoms with E-state index in [1.807, 2.05) is 19.2 Å². The molecule has 0 unspecified atom stereocenters. The predicted molar refractivity (Wildman–Crippen MR) is 73.2 cm³/mol. The molecule has 1 fully saturated rings. The van der Waals surface area contributed by atoms with Crippen molar-refractivity contribution < 1.29 is 0 Å². The molecule has 0 bridgehead atoms. The summed E-state index contributed by atoms with van der Waals surface area (Å²) >= 11 is 0. The topological polar surface area (TPSA) is 42.2 Å². The van der Waals surface area contributed by atoms with E-state index in [1.54, 1.807) is 0 Å². The van der Waals surface area contributed by atoms with Gasteiger partial charge in [0.1, 0.15) is 0 Å². The molecule has 3 heteroatoms. The normalized spacial score (nSPS) is 17.1. The lowest BCUT2D eigenvalue weighted by molar-refractivity contribution is 0.361. The zero-order valence-corrected chi connectivity index (χ0v) is 10.9. The fourth-order valence-electron chi connectivity index (χ4n) is 2.75. The van der Waals surface area contributed by atoms with Gasteiger partial charge in [-0.2, -0.15) is 0 Å². The Bertz CT molecular complexity index is 370. The van der Waals surface area contributed by atoms with E-state index in [0.717, 1.165) is 29.5 Å². The Kier molecular flexibility index (Phi) is 3.87. The van der Waals surface area contributed by atoms with Crippen LogP contribution in [0.15, 0.2) is 12.3 Å². The number of pyridine rings is 1. The monoisotopic (exact) mass is 233 g/mol. The van der Waals surface area contributed by atoms with E-state index in [4.69, 9.17) is 5.73 Å². The number of aryl methyl sites for hydroxylation is 1. The molecule has 1 aromatic heterocycles. The third-order valence-corrected chi connectivity index (χ3v) is 3.65. The SMILES string of the molecule is Cc1cnc(N(C)CC2CCCCC2)c(N)c1. The number of anilines is 2. The first kappa shape index (κ1) is 12.2. The molecule has 17 heavy (non-hydrogen) atoms. The van der Waals surface area contributed by atoms with E-state index < -0.39 is 0 Å². The minimum Gasteiger partial charge on any atom is -0.396 e. The van der Waals surface area contributed by atoms with E-state index in [2.05, 4.69) is 16.9 Å². The summed E-state index contributed by atoms with van der Waals surface area (Å²) in [7, 11) is 2.10. The summed E-state index contributed by atoms with van der Waals surface area (Å²) in [5.41, 5.74) is 7.94. The van der Waals surface area contributed by atoms with Gasteiger partial charge in [-0.3, -0.25) is 0 Å². The summed E-state index contributed by atoms with van der Waals surface area (Å²) < 4.78 is 0. The number of nitrogens with zero attached hydrogens (tertiary/aromatic N) is 2. The summed E-state index contributed by atoms with van der Waals surface area (Å²) in [6.45, 7) is 3.11. The van der Waals surface area contributed by atoms with Crippen LogP contribution >= 0.6 is 0 Å². The third-order valence-electron chi connectivity index (χ3n) is 3.65. The minimum absolute atomic E-state index is 0.795. The van der Waals surface area contributed by atoms with Crippen LogP contribution in [0.2, 0.25) is 0 Å². The maximum atomic E-state index is 6.02. The molecule has 0 aromatic carbocycles. The zero-order chi connectivity index (χ0) is 12.3. The number of nitrogens with two attached hydrogens (primary N) is 1. The van der Waals surface area contributed by atoms with E-state index in [1.165, 1.54) is 32.1 Å². The van der Waals surface area contributed by atoms with Gasteiger partial charge in [0.05, 0.1) is 5.69 Å². The summed E-state index contributed by atoms with van der Waals surface area (Å²) in [5, 5.41) is 0. The van der Waals surface area contributed by atoms with Crippen LogP contribution in [0.25, 0.3) is 0 Å². The van der Waals surface area contributed by atoms with Crippen molar-refractivity contribution in [3.63, 3.8) is 0 Å². The quantitative estimate of drug-likeness (QED) is 0.872. The Morgan fingerprint density at radius 1 is 1.35 bits per heavy atom. The average Bonchev–Trinajstić information content (AvgIpc) is 2.30. The molecule has 0 saturated heterocycles. The molecular formula is C14H23N3. The third kappa shape index (κ3) is 3.11. The van der Waals surface area contributed by atoms with Gasteiger partial charge >= 0.3 is 0 Å². The Morgan fingerprint density at radius 2 is 2.06 bits per heavy atom. The van der Waals surface area contributed by atoms with Crippen LogP contribution < -0.4 is 10.6 Å². The molecule has 1 aliphatic carbocycles. The van der Waals surface area contributed by atoms with Gasteiger partial charge in [-0.1, -0.05) is 19.3 Å². The first-order valence-corrected chi connectivity index (χ1v) is 6.60. The molecule has 1 heterocycles. The average molecular weight is 233 g/mol. The molecule has 2 N–H and O–H groups in total. The number of aromatic nitrogens is 1. The summed E-state index contributed by atoms with van der Waals surface area (Å²) in [6, 6.07) is 2.00. The molecule has 1 saturated carbocycles. The molecule has 1 aromatic rings. The molecular weight excluding hydrogens is 210 g/mol.